The lowest BCUT2D eigenvalue weighted by Crippen LogP contribution is -2.18. The Morgan fingerprint density at radius 3 is 2.16 bits per heavy atom. The van der Waals surface area contributed by atoms with Crippen molar-refractivity contribution in [3.05, 3.63) is 84.4 Å². The molecule has 0 bridgehead atoms. The summed E-state index contributed by atoms with van der Waals surface area (Å²) >= 11 is 0. The smallest absolute Gasteiger partial charge is 0.162 e. The zero-order valence-corrected chi connectivity index (χ0v) is 18.7. The van der Waals surface area contributed by atoms with Gasteiger partial charge in [0.05, 0.1) is 5.52 Å². The van der Waals surface area contributed by atoms with Gasteiger partial charge in [0.1, 0.15) is 5.82 Å². The highest BCUT2D eigenvalue weighted by Gasteiger charge is 2.17. The van der Waals surface area contributed by atoms with Crippen molar-refractivity contribution in [2.24, 2.45) is 5.92 Å². The minimum absolute atomic E-state index is 0.401. The van der Waals surface area contributed by atoms with Gasteiger partial charge >= 0.3 is 0 Å². The summed E-state index contributed by atoms with van der Waals surface area (Å²) in [5, 5.41) is 4.70. The van der Waals surface area contributed by atoms with Crippen molar-refractivity contribution in [2.75, 3.05) is 30.9 Å². The summed E-state index contributed by atoms with van der Waals surface area (Å²) < 4.78 is 0. The van der Waals surface area contributed by atoms with E-state index in [1.54, 1.807) is 0 Å². The summed E-state index contributed by atoms with van der Waals surface area (Å²) in [5.74, 6) is 2.55. The molecule has 4 aromatic rings. The molecule has 0 spiro atoms. The second kappa shape index (κ2) is 9.17. The fraction of sp³-hybridized carbons (Fsp3) is 0.259. The first-order valence-corrected chi connectivity index (χ1v) is 10.9. The molecule has 0 aliphatic rings. The number of benzene rings is 3. The minimum Gasteiger partial charge on any atom is -0.378 e. The molecule has 1 atom stereocenters. The normalized spacial score (nSPS) is 12.2. The molecule has 0 aliphatic heterocycles. The molecule has 0 fully saturated rings. The van der Waals surface area contributed by atoms with Crippen LogP contribution in [0.5, 0.6) is 0 Å². The maximum atomic E-state index is 4.93. The topological polar surface area (TPSA) is 41.1 Å². The maximum absolute atomic E-state index is 4.93. The third-order valence-electron chi connectivity index (χ3n) is 5.77. The van der Waals surface area contributed by atoms with Crippen LogP contribution in [0.15, 0.2) is 78.9 Å². The largest absolute Gasteiger partial charge is 0.378 e. The van der Waals surface area contributed by atoms with E-state index in [0.717, 1.165) is 40.3 Å². The van der Waals surface area contributed by atoms with Gasteiger partial charge in [0.25, 0.3) is 0 Å². The van der Waals surface area contributed by atoms with E-state index in [1.165, 1.54) is 5.56 Å². The fourth-order valence-corrected chi connectivity index (χ4v) is 3.89. The van der Waals surface area contributed by atoms with Gasteiger partial charge in [-0.25, -0.2) is 9.97 Å². The molecule has 1 heterocycles. The number of hydrogen-bond donors (Lipinski definition) is 1. The van der Waals surface area contributed by atoms with Crippen LogP contribution in [0.25, 0.3) is 22.3 Å². The van der Waals surface area contributed by atoms with Gasteiger partial charge in [-0.15, -0.1) is 0 Å². The van der Waals surface area contributed by atoms with Crippen molar-refractivity contribution in [1.29, 1.82) is 0 Å². The van der Waals surface area contributed by atoms with Gasteiger partial charge in [-0.2, -0.15) is 0 Å². The Kier molecular flexibility index (Phi) is 6.17. The molecule has 1 unspecified atom stereocenters. The molecule has 0 aliphatic carbocycles. The van der Waals surface area contributed by atoms with Crippen molar-refractivity contribution < 1.29 is 0 Å². The van der Waals surface area contributed by atoms with Crippen molar-refractivity contribution in [3.63, 3.8) is 0 Å². The van der Waals surface area contributed by atoms with E-state index >= 15 is 0 Å². The number of nitrogens with one attached hydrogen (secondary N) is 1. The standard InChI is InChI=1S/C27H30N4/c1-19(2)24(20-10-6-5-7-11-20)18-28-27-23-12-8-9-13-25(23)29-26(30-27)21-14-16-22(17-15-21)31(3)4/h5-17,19,24H,18H2,1-4H3,(H,28,29,30). The zero-order valence-electron chi connectivity index (χ0n) is 18.7. The average molecular weight is 411 g/mol. The van der Waals surface area contributed by atoms with Gasteiger partial charge in [0.2, 0.25) is 0 Å². The molecule has 0 saturated heterocycles. The monoisotopic (exact) mass is 410 g/mol. The molecule has 1 aromatic heterocycles. The molecule has 0 saturated carbocycles. The Balaban J connectivity index is 1.68. The molecule has 4 rings (SSSR count). The summed E-state index contributed by atoms with van der Waals surface area (Å²) in [6, 6.07) is 27.3. The Hall–Kier alpha value is -3.40. The summed E-state index contributed by atoms with van der Waals surface area (Å²) in [6.45, 7) is 5.37. The lowest BCUT2D eigenvalue weighted by molar-refractivity contribution is 0.516. The number of nitrogens with zero attached hydrogens (tertiary/aromatic N) is 3. The maximum Gasteiger partial charge on any atom is 0.162 e. The second-order valence-corrected chi connectivity index (χ2v) is 8.50. The van der Waals surface area contributed by atoms with Crippen LogP contribution in [0.1, 0.15) is 25.3 Å². The molecule has 1 N–H and O–H groups in total. The van der Waals surface area contributed by atoms with Crippen LogP contribution >= 0.6 is 0 Å². The number of aromatic nitrogens is 2. The van der Waals surface area contributed by atoms with Gasteiger partial charge in [0, 0.05) is 43.2 Å². The molecule has 4 nitrogen and oxygen atoms in total. The van der Waals surface area contributed by atoms with Crippen LogP contribution in [-0.4, -0.2) is 30.6 Å². The quantitative estimate of drug-likeness (QED) is 0.393. The van der Waals surface area contributed by atoms with Gasteiger partial charge in [-0.1, -0.05) is 56.3 Å². The predicted molar refractivity (Wildman–Crippen MR) is 132 cm³/mol. The van der Waals surface area contributed by atoms with Gasteiger partial charge < -0.3 is 10.2 Å². The first-order chi connectivity index (χ1) is 15.0. The zero-order chi connectivity index (χ0) is 21.8. The molecule has 158 valence electrons. The van der Waals surface area contributed by atoms with Crippen LogP contribution in [0.4, 0.5) is 11.5 Å². The van der Waals surface area contributed by atoms with Crippen LogP contribution < -0.4 is 10.2 Å². The van der Waals surface area contributed by atoms with E-state index in [1.807, 2.05) is 26.2 Å². The van der Waals surface area contributed by atoms with E-state index < -0.39 is 0 Å². The fourth-order valence-electron chi connectivity index (χ4n) is 3.89. The summed E-state index contributed by atoms with van der Waals surface area (Å²) in [4.78, 5) is 11.9. The van der Waals surface area contributed by atoms with Gasteiger partial charge in [-0.3, -0.25) is 0 Å². The average Bonchev–Trinajstić information content (AvgIpc) is 2.79. The SMILES string of the molecule is CC(C)C(CNc1nc(-c2ccc(N(C)C)cc2)nc2ccccc12)c1ccccc1. The van der Waals surface area contributed by atoms with E-state index in [9.17, 15) is 0 Å². The highest BCUT2D eigenvalue weighted by Crippen LogP contribution is 2.29. The lowest BCUT2D eigenvalue weighted by Gasteiger charge is -2.23. The van der Waals surface area contributed by atoms with Crippen LogP contribution in [0.3, 0.4) is 0 Å². The Bertz CT molecular complexity index is 1130. The van der Waals surface area contributed by atoms with E-state index in [2.05, 4.69) is 90.8 Å². The third kappa shape index (κ3) is 4.69. The van der Waals surface area contributed by atoms with Crippen molar-refractivity contribution in [3.8, 4) is 11.4 Å². The van der Waals surface area contributed by atoms with Gasteiger partial charge in [-0.05, 0) is 47.9 Å². The van der Waals surface area contributed by atoms with Gasteiger partial charge in [0.15, 0.2) is 5.82 Å². The number of fused-ring (bicyclic) bond motifs is 1. The van der Waals surface area contributed by atoms with Crippen LogP contribution in [0, 0.1) is 5.92 Å². The Morgan fingerprint density at radius 2 is 1.48 bits per heavy atom. The van der Waals surface area contributed by atoms with E-state index in [4.69, 9.17) is 9.97 Å². The molecule has 0 amide bonds. The Labute approximate surface area is 185 Å². The van der Waals surface area contributed by atoms with Crippen molar-refractivity contribution in [2.45, 2.75) is 19.8 Å². The van der Waals surface area contributed by atoms with Crippen LogP contribution in [-0.2, 0) is 0 Å². The molecule has 3 aromatic carbocycles. The Morgan fingerprint density at radius 1 is 0.806 bits per heavy atom. The molecular weight excluding hydrogens is 380 g/mol. The van der Waals surface area contributed by atoms with E-state index in [-0.39, 0.29) is 0 Å². The second-order valence-electron chi connectivity index (χ2n) is 8.50. The first-order valence-electron chi connectivity index (χ1n) is 10.9. The van der Waals surface area contributed by atoms with Crippen molar-refractivity contribution >= 4 is 22.4 Å². The summed E-state index contributed by atoms with van der Waals surface area (Å²) in [6.07, 6.45) is 0. The molecule has 4 heteroatoms. The van der Waals surface area contributed by atoms with Crippen molar-refractivity contribution in [1.82, 2.24) is 9.97 Å². The molecular formula is C27H30N4. The third-order valence-corrected chi connectivity index (χ3v) is 5.77. The molecule has 0 radical (unpaired) electrons. The lowest BCUT2D eigenvalue weighted by atomic mass is 9.88. The number of rotatable bonds is 7. The first kappa shape index (κ1) is 20.9. The number of para-hydroxylation sites is 1. The predicted octanol–water partition coefficient (Wildman–Crippen LogP) is 6.21. The highest BCUT2D eigenvalue weighted by molar-refractivity contribution is 5.90. The molecule has 31 heavy (non-hydrogen) atoms. The summed E-state index contributed by atoms with van der Waals surface area (Å²) in [7, 11) is 4.09. The summed E-state index contributed by atoms with van der Waals surface area (Å²) in [5.41, 5.74) is 4.48. The minimum atomic E-state index is 0.401. The number of hydrogen-bond acceptors (Lipinski definition) is 4. The van der Waals surface area contributed by atoms with Crippen LogP contribution in [0.2, 0.25) is 0 Å². The van der Waals surface area contributed by atoms with E-state index in [0.29, 0.717) is 11.8 Å². The number of anilines is 2. The highest BCUT2D eigenvalue weighted by atomic mass is 15.1.